The summed E-state index contributed by atoms with van der Waals surface area (Å²) in [4.78, 5) is 30.0. The summed E-state index contributed by atoms with van der Waals surface area (Å²) in [6, 6.07) is 12.2. The quantitative estimate of drug-likeness (QED) is 0.190. The van der Waals surface area contributed by atoms with Crippen molar-refractivity contribution in [3.8, 4) is 11.5 Å². The number of aliphatic hydroxyl groups is 1. The zero-order valence-electron chi connectivity index (χ0n) is 22.6. The molecule has 0 atom stereocenters. The van der Waals surface area contributed by atoms with Crippen molar-refractivity contribution >= 4 is 29.4 Å². The molecule has 0 unspecified atom stereocenters. The Morgan fingerprint density at radius 3 is 2.44 bits per heavy atom. The number of alkyl halides is 3. The van der Waals surface area contributed by atoms with E-state index >= 15 is 0 Å². The molecule has 0 bridgehead atoms. The van der Waals surface area contributed by atoms with Crippen LogP contribution in [0.2, 0.25) is 5.02 Å². The Balaban J connectivity index is 1.82. The predicted octanol–water partition coefficient (Wildman–Crippen LogP) is 5.02. The molecule has 1 aromatic heterocycles. The van der Waals surface area contributed by atoms with Gasteiger partial charge in [0.25, 0.3) is 5.56 Å². The van der Waals surface area contributed by atoms with Gasteiger partial charge in [-0.05, 0) is 49.8 Å². The third-order valence-corrected chi connectivity index (χ3v) is 5.95. The smallest absolute Gasteiger partial charge is 0.493 e. The Labute approximate surface area is 238 Å². The molecule has 41 heavy (non-hydrogen) atoms. The molecule has 1 heterocycles. The van der Waals surface area contributed by atoms with Crippen LogP contribution >= 0.6 is 11.6 Å². The number of aliphatic imine (C=N–C) groups is 1. The summed E-state index contributed by atoms with van der Waals surface area (Å²) in [7, 11) is 1.46. The molecule has 0 fully saturated rings. The number of ether oxygens (including phenoxy) is 3. The van der Waals surface area contributed by atoms with Crippen LogP contribution in [0.3, 0.4) is 0 Å². The maximum Gasteiger partial charge on any atom is 0.573 e. The van der Waals surface area contributed by atoms with Crippen molar-refractivity contribution in [3.05, 3.63) is 91.1 Å². The summed E-state index contributed by atoms with van der Waals surface area (Å²) in [6.07, 6.45) is -2.70. The number of hydrogen-bond donors (Lipinski definition) is 1. The minimum Gasteiger partial charge on any atom is -0.493 e. The lowest BCUT2D eigenvalue weighted by atomic mass is 10.1. The summed E-state index contributed by atoms with van der Waals surface area (Å²) < 4.78 is 54.9. The van der Waals surface area contributed by atoms with E-state index in [1.165, 1.54) is 36.7 Å². The first-order valence-electron chi connectivity index (χ1n) is 12.4. The molecule has 0 amide bonds. The van der Waals surface area contributed by atoms with Gasteiger partial charge in [-0.25, -0.2) is 4.79 Å². The first-order chi connectivity index (χ1) is 19.4. The van der Waals surface area contributed by atoms with Gasteiger partial charge in [0, 0.05) is 30.1 Å². The maximum atomic E-state index is 12.8. The average Bonchev–Trinajstić information content (AvgIpc) is 2.91. The summed E-state index contributed by atoms with van der Waals surface area (Å²) >= 11 is 5.98. The molecule has 0 spiro atoms. The van der Waals surface area contributed by atoms with Crippen LogP contribution in [-0.2, 0) is 18.3 Å². The molecule has 9 nitrogen and oxygen atoms in total. The van der Waals surface area contributed by atoms with Crippen molar-refractivity contribution in [2.75, 3.05) is 19.8 Å². The number of aliphatic hydroxyl groups excluding tert-OH is 1. The molecule has 0 aliphatic heterocycles. The van der Waals surface area contributed by atoms with Crippen LogP contribution < -0.4 is 20.7 Å². The lowest BCUT2D eigenvalue weighted by molar-refractivity contribution is -0.274. The van der Waals surface area contributed by atoms with Gasteiger partial charge in [-0.3, -0.25) is 13.9 Å². The van der Waals surface area contributed by atoms with Gasteiger partial charge in [-0.15, -0.1) is 13.2 Å². The average molecular weight is 596 g/mol. The fraction of sp³-hybridized carbons (Fsp3) is 0.321. The first-order valence-corrected chi connectivity index (χ1v) is 12.8. The molecule has 0 radical (unpaired) electrons. The normalized spacial score (nSPS) is 12.4. The minimum atomic E-state index is -4.81. The highest BCUT2D eigenvalue weighted by Crippen LogP contribution is 2.26. The van der Waals surface area contributed by atoms with Gasteiger partial charge in [0.2, 0.25) is 5.90 Å². The Kier molecular flexibility index (Phi) is 10.8. The van der Waals surface area contributed by atoms with E-state index in [4.69, 9.17) is 21.1 Å². The van der Waals surface area contributed by atoms with E-state index in [9.17, 15) is 27.9 Å². The molecule has 0 aliphatic carbocycles. The van der Waals surface area contributed by atoms with Crippen LogP contribution in [0, 0.1) is 6.92 Å². The third-order valence-electron chi connectivity index (χ3n) is 5.69. The van der Waals surface area contributed by atoms with Gasteiger partial charge in [-0.1, -0.05) is 29.8 Å². The maximum absolute atomic E-state index is 12.8. The van der Waals surface area contributed by atoms with Crippen molar-refractivity contribution in [2.24, 2.45) is 12.0 Å². The van der Waals surface area contributed by atoms with Crippen molar-refractivity contribution in [1.82, 2.24) is 9.13 Å². The van der Waals surface area contributed by atoms with Crippen LogP contribution in [0.25, 0.3) is 6.08 Å². The predicted molar refractivity (Wildman–Crippen MR) is 149 cm³/mol. The second-order valence-corrected chi connectivity index (χ2v) is 9.28. The van der Waals surface area contributed by atoms with Crippen molar-refractivity contribution < 1.29 is 32.5 Å². The van der Waals surface area contributed by atoms with E-state index in [0.29, 0.717) is 17.0 Å². The molecule has 1 N–H and O–H groups in total. The zero-order chi connectivity index (χ0) is 30.2. The van der Waals surface area contributed by atoms with E-state index in [1.54, 1.807) is 37.3 Å². The number of rotatable bonds is 11. The van der Waals surface area contributed by atoms with Crippen molar-refractivity contribution in [1.29, 1.82) is 0 Å². The highest BCUT2D eigenvalue weighted by molar-refractivity contribution is 6.30. The molecule has 0 saturated heterocycles. The molecular weight excluding hydrogens is 567 g/mol. The van der Waals surface area contributed by atoms with E-state index in [0.717, 1.165) is 16.2 Å². The zero-order valence-corrected chi connectivity index (χ0v) is 23.3. The SMILES string of the molecule is CC(=C/c1ccc(Cl)cc1)/C(=N\c1c(C)c(=O)n(CCO)c(=O)n1C)OCCCOc1cccc(OC(F)(F)F)c1. The fourth-order valence-electron chi connectivity index (χ4n) is 3.74. The lowest BCUT2D eigenvalue weighted by Crippen LogP contribution is -2.41. The largest absolute Gasteiger partial charge is 0.573 e. The van der Waals surface area contributed by atoms with E-state index in [1.807, 2.05) is 0 Å². The molecule has 3 aromatic rings. The van der Waals surface area contributed by atoms with Crippen LogP contribution in [-0.4, -0.2) is 46.3 Å². The molecule has 0 aliphatic rings. The van der Waals surface area contributed by atoms with E-state index in [-0.39, 0.29) is 49.4 Å². The second kappa shape index (κ2) is 14.0. The van der Waals surface area contributed by atoms with Gasteiger partial charge in [0.1, 0.15) is 17.3 Å². The van der Waals surface area contributed by atoms with Gasteiger partial charge >= 0.3 is 12.1 Å². The Bertz CT molecular complexity index is 1490. The van der Waals surface area contributed by atoms with Crippen molar-refractivity contribution in [3.63, 3.8) is 0 Å². The van der Waals surface area contributed by atoms with Crippen LogP contribution in [0.4, 0.5) is 19.0 Å². The first kappa shape index (κ1) is 31.5. The minimum absolute atomic E-state index is 0.0887. The van der Waals surface area contributed by atoms with Crippen LogP contribution in [0.1, 0.15) is 24.5 Å². The lowest BCUT2D eigenvalue weighted by Gasteiger charge is -2.15. The fourth-order valence-corrected chi connectivity index (χ4v) is 3.87. The standard InChI is InChI=1S/C28H29ClF3N3O6/c1-18(16-20-8-10-21(29)11-9-20)25(33-24-19(2)26(37)35(12-13-36)27(38)34(24)3)40-15-5-14-39-22-6-4-7-23(17-22)41-28(30,31)32/h4,6-11,16-17,36H,5,12-15H2,1-3H3/b18-16-,33-25+. The van der Waals surface area contributed by atoms with Gasteiger partial charge in [0.15, 0.2) is 0 Å². The molecule has 3 rings (SSSR count). The Hall–Kier alpha value is -4.03. The molecule has 2 aromatic carbocycles. The summed E-state index contributed by atoms with van der Waals surface area (Å²) in [5.74, 6) is 0.0164. The van der Waals surface area contributed by atoms with Crippen LogP contribution in [0.5, 0.6) is 11.5 Å². The third kappa shape index (κ3) is 8.98. The molecule has 13 heteroatoms. The van der Waals surface area contributed by atoms with Crippen molar-refractivity contribution in [2.45, 2.75) is 33.2 Å². The highest BCUT2D eigenvalue weighted by Gasteiger charge is 2.31. The molecule has 0 saturated carbocycles. The number of aromatic nitrogens is 2. The van der Waals surface area contributed by atoms with E-state index in [2.05, 4.69) is 9.73 Å². The number of benzene rings is 2. The molecular formula is C28H29ClF3N3O6. The summed E-state index contributed by atoms with van der Waals surface area (Å²) in [5, 5.41) is 9.80. The van der Waals surface area contributed by atoms with E-state index < -0.39 is 23.4 Å². The number of halogens is 4. The summed E-state index contributed by atoms with van der Waals surface area (Å²) in [6.45, 7) is 2.94. The van der Waals surface area contributed by atoms with Crippen LogP contribution in [0.15, 0.2) is 68.7 Å². The number of hydrogen-bond acceptors (Lipinski definition) is 7. The Morgan fingerprint density at radius 2 is 1.78 bits per heavy atom. The van der Waals surface area contributed by atoms with Gasteiger partial charge in [0.05, 0.1) is 31.9 Å². The summed E-state index contributed by atoms with van der Waals surface area (Å²) in [5.41, 5.74) is 0.347. The van der Waals surface area contributed by atoms with Gasteiger partial charge in [-0.2, -0.15) is 4.99 Å². The number of nitrogens with zero attached hydrogens (tertiary/aromatic N) is 3. The van der Waals surface area contributed by atoms with Gasteiger partial charge < -0.3 is 19.3 Å². The highest BCUT2D eigenvalue weighted by atomic mass is 35.5. The second-order valence-electron chi connectivity index (χ2n) is 8.84. The monoisotopic (exact) mass is 595 g/mol. The Morgan fingerprint density at radius 1 is 1.10 bits per heavy atom. The topological polar surface area (TPSA) is 104 Å². The molecule has 220 valence electrons.